The summed E-state index contributed by atoms with van der Waals surface area (Å²) in [6.07, 6.45) is 8.59. The Morgan fingerprint density at radius 3 is 2.77 bits per heavy atom. The predicted octanol–water partition coefficient (Wildman–Crippen LogP) is 3.64. The van der Waals surface area contributed by atoms with E-state index in [9.17, 15) is 9.59 Å². The van der Waals surface area contributed by atoms with Crippen LogP contribution in [0.2, 0.25) is 0 Å². The minimum atomic E-state index is -0.370. The Morgan fingerprint density at radius 2 is 2.10 bits per heavy atom. The highest BCUT2D eigenvalue weighted by molar-refractivity contribution is 6.18. The largest absolute Gasteiger partial charge is 0.490 e. The van der Waals surface area contributed by atoms with Crippen molar-refractivity contribution in [2.24, 2.45) is 0 Å². The Morgan fingerprint density at radius 1 is 1.30 bits per heavy atom. The molecular formula is C23H31N3O4. The maximum Gasteiger partial charge on any atom is 0.258 e. The SMILES string of the molecule is C=C(CCCC/C=C(\C)c1c(OCCOCC)ccnc1NC)C1=CC(=O)NC1=O. The fourth-order valence-corrected chi connectivity index (χ4v) is 3.20. The van der Waals surface area contributed by atoms with E-state index in [0.29, 0.717) is 37.4 Å². The van der Waals surface area contributed by atoms with E-state index in [1.54, 1.807) is 6.20 Å². The molecule has 2 rings (SSSR count). The fraction of sp³-hybridized carbons (Fsp3) is 0.435. The molecule has 1 aliphatic heterocycles. The molecule has 30 heavy (non-hydrogen) atoms. The summed E-state index contributed by atoms with van der Waals surface area (Å²) in [6, 6.07) is 1.87. The standard InChI is InChI=1S/C23H31N3O4/c1-5-29-13-14-30-19-11-12-25-22(24-4)21(19)17(3)10-8-6-7-9-16(2)18-15-20(27)26-23(18)28/h10-12,15H,2,5-9,13-14H2,1,3-4H3,(H,24,25)(H,26,27,28)/b17-10+. The minimum absolute atomic E-state index is 0.353. The first-order valence-electron chi connectivity index (χ1n) is 10.3. The molecule has 0 saturated heterocycles. The van der Waals surface area contributed by atoms with Gasteiger partial charge in [0.15, 0.2) is 0 Å². The van der Waals surface area contributed by atoms with Gasteiger partial charge in [0, 0.05) is 31.5 Å². The molecule has 7 nitrogen and oxygen atoms in total. The van der Waals surface area contributed by atoms with Crippen LogP contribution in [-0.2, 0) is 14.3 Å². The smallest absolute Gasteiger partial charge is 0.258 e. The van der Waals surface area contributed by atoms with Crippen LogP contribution in [0, 0.1) is 0 Å². The van der Waals surface area contributed by atoms with Gasteiger partial charge in [0.05, 0.1) is 12.2 Å². The summed E-state index contributed by atoms with van der Waals surface area (Å²) in [6.45, 7) is 9.63. The number of hydrogen-bond acceptors (Lipinski definition) is 6. The molecular weight excluding hydrogens is 382 g/mol. The summed E-state index contributed by atoms with van der Waals surface area (Å²) >= 11 is 0. The third-order valence-corrected chi connectivity index (χ3v) is 4.75. The predicted molar refractivity (Wildman–Crippen MR) is 118 cm³/mol. The number of hydrogen-bond donors (Lipinski definition) is 2. The van der Waals surface area contributed by atoms with Crippen molar-refractivity contribution in [3.63, 3.8) is 0 Å². The highest BCUT2D eigenvalue weighted by Gasteiger charge is 2.22. The highest BCUT2D eigenvalue weighted by Crippen LogP contribution is 2.32. The Balaban J connectivity index is 1.91. The van der Waals surface area contributed by atoms with Gasteiger partial charge in [-0.3, -0.25) is 14.9 Å². The molecule has 1 aromatic heterocycles. The Kier molecular flexibility index (Phi) is 9.28. The van der Waals surface area contributed by atoms with Gasteiger partial charge in [-0.05, 0) is 56.7 Å². The number of anilines is 1. The van der Waals surface area contributed by atoms with E-state index in [1.807, 2.05) is 27.0 Å². The monoisotopic (exact) mass is 413 g/mol. The van der Waals surface area contributed by atoms with Crippen molar-refractivity contribution in [3.05, 3.63) is 47.7 Å². The van der Waals surface area contributed by atoms with Crippen molar-refractivity contribution >= 4 is 23.2 Å². The molecule has 2 amide bonds. The Hall–Kier alpha value is -2.93. The Bertz CT molecular complexity index is 843. The van der Waals surface area contributed by atoms with Crippen LogP contribution in [0.1, 0.15) is 45.1 Å². The normalized spacial score (nSPS) is 13.8. The molecule has 1 aromatic rings. The molecule has 162 valence electrons. The summed E-state index contributed by atoms with van der Waals surface area (Å²) in [5.41, 5.74) is 3.14. The summed E-state index contributed by atoms with van der Waals surface area (Å²) in [7, 11) is 1.84. The first-order chi connectivity index (χ1) is 14.5. The maximum absolute atomic E-state index is 11.7. The maximum atomic E-state index is 11.7. The van der Waals surface area contributed by atoms with E-state index >= 15 is 0 Å². The fourth-order valence-electron chi connectivity index (χ4n) is 3.20. The van der Waals surface area contributed by atoms with Crippen molar-refractivity contribution < 1.29 is 19.1 Å². The summed E-state index contributed by atoms with van der Waals surface area (Å²) in [5.74, 6) is 0.828. The molecule has 1 aliphatic rings. The van der Waals surface area contributed by atoms with Crippen LogP contribution in [0.5, 0.6) is 5.75 Å². The molecule has 0 unspecified atom stereocenters. The van der Waals surface area contributed by atoms with Crippen LogP contribution in [0.15, 0.2) is 42.1 Å². The lowest BCUT2D eigenvalue weighted by atomic mass is 10.0. The second-order valence-electron chi connectivity index (χ2n) is 6.94. The lowest BCUT2D eigenvalue weighted by Crippen LogP contribution is -2.22. The van der Waals surface area contributed by atoms with Gasteiger partial charge >= 0.3 is 0 Å². The zero-order valence-corrected chi connectivity index (χ0v) is 18.0. The van der Waals surface area contributed by atoms with Gasteiger partial charge in [-0.2, -0.15) is 0 Å². The quantitative estimate of drug-likeness (QED) is 0.379. The minimum Gasteiger partial charge on any atom is -0.490 e. The highest BCUT2D eigenvalue weighted by atomic mass is 16.5. The van der Waals surface area contributed by atoms with Gasteiger partial charge in [-0.1, -0.05) is 12.7 Å². The topological polar surface area (TPSA) is 89.6 Å². The number of nitrogens with zero attached hydrogens (tertiary/aromatic N) is 1. The summed E-state index contributed by atoms with van der Waals surface area (Å²) in [4.78, 5) is 27.3. The van der Waals surface area contributed by atoms with Crippen LogP contribution in [0.4, 0.5) is 5.82 Å². The molecule has 0 atom stereocenters. The van der Waals surface area contributed by atoms with Gasteiger partial charge in [0.25, 0.3) is 11.8 Å². The second kappa shape index (κ2) is 11.9. The van der Waals surface area contributed by atoms with Gasteiger partial charge < -0.3 is 14.8 Å². The van der Waals surface area contributed by atoms with Crippen LogP contribution >= 0.6 is 0 Å². The van der Waals surface area contributed by atoms with Gasteiger partial charge in [-0.25, -0.2) is 4.98 Å². The van der Waals surface area contributed by atoms with Crippen LogP contribution in [0.25, 0.3) is 5.57 Å². The number of nitrogens with one attached hydrogen (secondary N) is 2. The van der Waals surface area contributed by atoms with Gasteiger partial charge in [0.2, 0.25) is 0 Å². The van der Waals surface area contributed by atoms with E-state index in [4.69, 9.17) is 9.47 Å². The zero-order chi connectivity index (χ0) is 21.9. The molecule has 7 heteroatoms. The lowest BCUT2D eigenvalue weighted by molar-refractivity contribution is -0.123. The van der Waals surface area contributed by atoms with E-state index in [1.165, 1.54) is 6.08 Å². The first-order valence-corrected chi connectivity index (χ1v) is 10.3. The summed E-state index contributed by atoms with van der Waals surface area (Å²) in [5, 5.41) is 5.38. The number of unbranched alkanes of at least 4 members (excludes halogenated alkanes) is 2. The third kappa shape index (κ3) is 6.56. The van der Waals surface area contributed by atoms with Crippen LogP contribution in [0.3, 0.4) is 0 Å². The molecule has 0 spiro atoms. The number of pyridine rings is 1. The molecule has 0 aromatic carbocycles. The molecule has 0 bridgehead atoms. The molecule has 0 fully saturated rings. The number of amides is 2. The van der Waals surface area contributed by atoms with Gasteiger partial charge in [-0.15, -0.1) is 0 Å². The van der Waals surface area contributed by atoms with Crippen molar-refractivity contribution in [1.82, 2.24) is 10.3 Å². The van der Waals surface area contributed by atoms with Gasteiger partial charge in [0.1, 0.15) is 18.2 Å². The van der Waals surface area contributed by atoms with Crippen molar-refractivity contribution in [2.45, 2.75) is 39.5 Å². The third-order valence-electron chi connectivity index (χ3n) is 4.75. The molecule has 2 heterocycles. The average Bonchev–Trinajstić information content (AvgIpc) is 3.08. The molecule has 2 N–H and O–H groups in total. The lowest BCUT2D eigenvalue weighted by Gasteiger charge is -2.15. The van der Waals surface area contributed by atoms with Crippen molar-refractivity contribution in [1.29, 1.82) is 0 Å². The Labute approximate surface area is 178 Å². The number of aromatic nitrogens is 1. The molecule has 0 saturated carbocycles. The number of rotatable bonds is 13. The first kappa shape index (κ1) is 23.3. The molecule has 0 radical (unpaired) electrons. The molecule has 0 aliphatic carbocycles. The number of ether oxygens (including phenoxy) is 2. The van der Waals surface area contributed by atoms with Crippen LogP contribution in [-0.4, -0.2) is 43.7 Å². The van der Waals surface area contributed by atoms with E-state index in [-0.39, 0.29) is 11.8 Å². The van der Waals surface area contributed by atoms with E-state index in [0.717, 1.165) is 42.0 Å². The van der Waals surface area contributed by atoms with E-state index in [2.05, 4.69) is 28.3 Å². The second-order valence-corrected chi connectivity index (χ2v) is 6.94. The number of carbonyl (C=O) groups is 2. The van der Waals surface area contributed by atoms with Crippen molar-refractivity contribution in [2.75, 3.05) is 32.2 Å². The van der Waals surface area contributed by atoms with Crippen molar-refractivity contribution in [3.8, 4) is 5.75 Å². The average molecular weight is 414 g/mol. The number of carbonyl (C=O) groups excluding carboxylic acids is 2. The summed E-state index contributed by atoms with van der Waals surface area (Å²) < 4.78 is 11.3. The van der Waals surface area contributed by atoms with Crippen LogP contribution < -0.4 is 15.4 Å². The van der Waals surface area contributed by atoms with E-state index < -0.39 is 0 Å². The number of allylic oxidation sites excluding steroid dienone is 2. The number of imide groups is 1. The zero-order valence-electron chi connectivity index (χ0n) is 18.0.